The second-order valence-electron chi connectivity index (χ2n) is 7.79. The van der Waals surface area contributed by atoms with Crippen LogP contribution >= 0.6 is 11.8 Å². The molecule has 2 aliphatic heterocycles. The van der Waals surface area contributed by atoms with Gasteiger partial charge >= 0.3 is 0 Å². The molecule has 1 aromatic heterocycles. The normalized spacial score (nSPS) is 18.4. The van der Waals surface area contributed by atoms with E-state index in [2.05, 4.69) is 20.6 Å². The maximum Gasteiger partial charge on any atom is 0.258 e. The van der Waals surface area contributed by atoms with Gasteiger partial charge in [-0.25, -0.2) is 9.37 Å². The molecule has 1 atom stereocenters. The first-order chi connectivity index (χ1) is 15.8. The van der Waals surface area contributed by atoms with Crippen molar-refractivity contribution in [1.29, 1.82) is 5.26 Å². The van der Waals surface area contributed by atoms with Crippen molar-refractivity contribution in [3.63, 3.8) is 0 Å². The standard InChI is InChI=1S/C23H17FN6O2S/c1-11-5-6-16-14(7-11)23(21(32)27-16)15(9-25)18(26)28-19-17(23)20(31)30-22(29-19)33-10-12-3-2-4-13(24)8-12/h2-8H,10,26H2,1H3,(H,27,32)(H2,28,29,30,31). The number of hydrogen-bond donors (Lipinski definition) is 4. The second-order valence-corrected chi connectivity index (χ2v) is 8.76. The van der Waals surface area contributed by atoms with Crippen LogP contribution in [0.4, 0.5) is 15.9 Å². The molecular formula is C23H17FN6O2S. The third-order valence-electron chi connectivity index (χ3n) is 5.71. The zero-order valence-electron chi connectivity index (χ0n) is 17.3. The number of fused-ring (bicyclic) bond motifs is 4. The number of carbonyl (C=O) groups excluding carboxylic acids is 1. The van der Waals surface area contributed by atoms with Gasteiger partial charge in [0.2, 0.25) is 5.91 Å². The number of aromatic nitrogens is 2. The number of nitrogens with zero attached hydrogens (tertiary/aromatic N) is 2. The predicted molar refractivity (Wildman–Crippen MR) is 122 cm³/mol. The number of hydrogen-bond acceptors (Lipinski definition) is 7. The molecule has 2 aliphatic rings. The van der Waals surface area contributed by atoms with Gasteiger partial charge in [0.05, 0.1) is 11.1 Å². The van der Waals surface area contributed by atoms with Crippen LogP contribution in [0.2, 0.25) is 0 Å². The Morgan fingerprint density at radius 2 is 2.03 bits per heavy atom. The minimum Gasteiger partial charge on any atom is -0.384 e. The quantitative estimate of drug-likeness (QED) is 0.348. The van der Waals surface area contributed by atoms with E-state index < -0.39 is 16.9 Å². The fourth-order valence-corrected chi connectivity index (χ4v) is 5.11. The first-order valence-corrected chi connectivity index (χ1v) is 10.9. The van der Waals surface area contributed by atoms with Crippen LogP contribution in [-0.2, 0) is 16.0 Å². The van der Waals surface area contributed by atoms with Crippen molar-refractivity contribution in [1.82, 2.24) is 9.97 Å². The van der Waals surface area contributed by atoms with Crippen LogP contribution < -0.4 is 21.9 Å². The third kappa shape index (κ3) is 3.08. The maximum atomic E-state index is 13.5. The number of aryl methyl sites for hydroxylation is 1. The van der Waals surface area contributed by atoms with E-state index in [0.29, 0.717) is 17.0 Å². The summed E-state index contributed by atoms with van der Waals surface area (Å²) < 4.78 is 13.5. The lowest BCUT2D eigenvalue weighted by Gasteiger charge is -2.33. The lowest BCUT2D eigenvalue weighted by atomic mass is 9.69. The van der Waals surface area contributed by atoms with Crippen LogP contribution in [0.1, 0.15) is 22.3 Å². The van der Waals surface area contributed by atoms with Gasteiger partial charge in [-0.2, -0.15) is 5.26 Å². The van der Waals surface area contributed by atoms with Crippen molar-refractivity contribution >= 4 is 29.2 Å². The summed E-state index contributed by atoms with van der Waals surface area (Å²) in [7, 11) is 0. The van der Waals surface area contributed by atoms with Crippen LogP contribution in [0, 0.1) is 24.1 Å². The number of rotatable bonds is 3. The molecule has 164 valence electrons. The van der Waals surface area contributed by atoms with Crippen LogP contribution in [0.3, 0.4) is 0 Å². The van der Waals surface area contributed by atoms with Gasteiger partial charge in [0.15, 0.2) is 5.16 Å². The number of amides is 1. The molecule has 0 radical (unpaired) electrons. The summed E-state index contributed by atoms with van der Waals surface area (Å²) in [6.07, 6.45) is 0. The molecule has 33 heavy (non-hydrogen) atoms. The first-order valence-electron chi connectivity index (χ1n) is 9.96. The summed E-state index contributed by atoms with van der Waals surface area (Å²) in [5.74, 6) is -0.484. The Bertz CT molecular complexity index is 1470. The van der Waals surface area contributed by atoms with Gasteiger partial charge in [-0.15, -0.1) is 0 Å². The summed E-state index contributed by atoms with van der Waals surface area (Å²) in [6, 6.07) is 13.5. The number of H-pyrrole nitrogens is 1. The molecule has 0 bridgehead atoms. The minimum atomic E-state index is -1.72. The van der Waals surface area contributed by atoms with E-state index in [1.54, 1.807) is 24.3 Å². The number of nitrogens with two attached hydrogens (primary N) is 1. The van der Waals surface area contributed by atoms with Crippen LogP contribution in [0.5, 0.6) is 0 Å². The smallest absolute Gasteiger partial charge is 0.258 e. The van der Waals surface area contributed by atoms with Gasteiger partial charge in [-0.05, 0) is 30.7 Å². The van der Waals surface area contributed by atoms with Crippen molar-refractivity contribution in [2.45, 2.75) is 23.2 Å². The summed E-state index contributed by atoms with van der Waals surface area (Å²) >= 11 is 1.20. The van der Waals surface area contributed by atoms with Crippen molar-refractivity contribution in [3.05, 3.63) is 92.3 Å². The summed E-state index contributed by atoms with van der Waals surface area (Å²) in [5.41, 5.74) is 6.37. The van der Waals surface area contributed by atoms with E-state index in [0.717, 1.165) is 11.1 Å². The summed E-state index contributed by atoms with van der Waals surface area (Å²) in [5, 5.41) is 15.8. The zero-order valence-corrected chi connectivity index (χ0v) is 18.1. The monoisotopic (exact) mass is 460 g/mol. The molecule has 5 N–H and O–H groups in total. The number of aromatic amines is 1. The van der Waals surface area contributed by atoms with Gasteiger partial charge in [0.1, 0.15) is 28.9 Å². The molecule has 1 amide bonds. The first kappa shape index (κ1) is 20.8. The molecule has 3 aromatic rings. The number of carbonyl (C=O) groups is 1. The molecule has 10 heteroatoms. The van der Waals surface area contributed by atoms with Crippen molar-refractivity contribution in [3.8, 4) is 6.07 Å². The van der Waals surface area contributed by atoms with Gasteiger partial charge in [-0.3, -0.25) is 9.59 Å². The van der Waals surface area contributed by atoms with Crippen molar-refractivity contribution in [2.24, 2.45) is 5.73 Å². The molecule has 0 fully saturated rings. The van der Waals surface area contributed by atoms with Crippen LogP contribution in [-0.4, -0.2) is 15.9 Å². The van der Waals surface area contributed by atoms with Crippen molar-refractivity contribution in [2.75, 3.05) is 10.6 Å². The number of benzene rings is 2. The van der Waals surface area contributed by atoms with Crippen molar-refractivity contribution < 1.29 is 9.18 Å². The third-order valence-corrected chi connectivity index (χ3v) is 6.66. The molecule has 5 rings (SSSR count). The molecule has 1 spiro atoms. The minimum absolute atomic E-state index is 0.00482. The highest BCUT2D eigenvalue weighted by Gasteiger charge is 2.57. The SMILES string of the molecule is Cc1ccc2c(c1)C1(C(=O)N2)C(C#N)=C(N)Nc2nc(SCc3cccc(F)c3)[nH]c(=O)c21. The number of nitriles is 1. The Labute approximate surface area is 191 Å². The number of nitrogens with one attached hydrogen (secondary N) is 3. The molecule has 2 aromatic carbocycles. The molecule has 0 aliphatic carbocycles. The Kier molecular flexibility index (Phi) is 4.72. The highest BCUT2D eigenvalue weighted by Crippen LogP contribution is 2.51. The number of anilines is 2. The Morgan fingerprint density at radius 1 is 1.21 bits per heavy atom. The average molecular weight is 460 g/mol. The van der Waals surface area contributed by atoms with Gasteiger partial charge in [0, 0.05) is 17.0 Å². The topological polar surface area (TPSA) is 137 Å². The largest absolute Gasteiger partial charge is 0.384 e. The maximum absolute atomic E-state index is 13.5. The molecule has 1 unspecified atom stereocenters. The van der Waals surface area contributed by atoms with Crippen LogP contribution in [0.15, 0.2) is 63.8 Å². The fraction of sp³-hybridized carbons (Fsp3) is 0.130. The highest BCUT2D eigenvalue weighted by molar-refractivity contribution is 7.98. The Balaban J connectivity index is 1.66. The Hall–Kier alpha value is -4.10. The summed E-state index contributed by atoms with van der Waals surface area (Å²) in [4.78, 5) is 33.9. The molecular weight excluding hydrogens is 443 g/mol. The van der Waals surface area contributed by atoms with E-state index in [1.807, 2.05) is 19.1 Å². The van der Waals surface area contributed by atoms with Gasteiger partial charge in [0.25, 0.3) is 5.56 Å². The van der Waals surface area contributed by atoms with E-state index in [4.69, 9.17) is 5.73 Å². The van der Waals surface area contributed by atoms with E-state index in [9.17, 15) is 19.2 Å². The van der Waals surface area contributed by atoms with Crippen LogP contribution in [0.25, 0.3) is 0 Å². The number of thioether (sulfide) groups is 1. The molecule has 0 saturated heterocycles. The van der Waals surface area contributed by atoms with Gasteiger partial charge < -0.3 is 21.4 Å². The molecule has 3 heterocycles. The van der Waals surface area contributed by atoms with E-state index in [-0.39, 0.29) is 33.7 Å². The second kappa shape index (κ2) is 7.50. The average Bonchev–Trinajstić information content (AvgIpc) is 3.04. The zero-order chi connectivity index (χ0) is 23.3. The summed E-state index contributed by atoms with van der Waals surface area (Å²) in [6.45, 7) is 1.85. The van der Waals surface area contributed by atoms with E-state index in [1.165, 1.54) is 23.9 Å². The lowest BCUT2D eigenvalue weighted by Crippen LogP contribution is -2.47. The van der Waals surface area contributed by atoms with Gasteiger partial charge in [-0.1, -0.05) is 41.6 Å². The molecule has 8 nitrogen and oxygen atoms in total. The molecule has 0 saturated carbocycles. The van der Waals surface area contributed by atoms with E-state index >= 15 is 0 Å². The lowest BCUT2D eigenvalue weighted by molar-refractivity contribution is -0.118. The highest BCUT2D eigenvalue weighted by atomic mass is 32.2. The fourth-order valence-electron chi connectivity index (χ4n) is 4.31. The Morgan fingerprint density at radius 3 is 2.79 bits per heavy atom. The number of halogens is 1. The predicted octanol–water partition coefficient (Wildman–Crippen LogP) is 2.87.